The van der Waals surface area contributed by atoms with Crippen molar-refractivity contribution in [3.05, 3.63) is 28.8 Å². The summed E-state index contributed by atoms with van der Waals surface area (Å²) in [6, 6.07) is 5.33. The summed E-state index contributed by atoms with van der Waals surface area (Å²) in [7, 11) is 0. The molecule has 0 bridgehead atoms. The molecule has 0 spiro atoms. The van der Waals surface area contributed by atoms with Crippen molar-refractivity contribution in [3.63, 3.8) is 0 Å². The average Bonchev–Trinajstić information content (AvgIpc) is 2.94. The lowest BCUT2D eigenvalue weighted by atomic mass is 9.75. The van der Waals surface area contributed by atoms with Gasteiger partial charge in [0.15, 0.2) is 6.61 Å². The van der Waals surface area contributed by atoms with Crippen LogP contribution in [0.2, 0.25) is 5.02 Å². The number of ether oxygens (including phenoxy) is 2. The van der Waals surface area contributed by atoms with Gasteiger partial charge in [-0.1, -0.05) is 11.6 Å². The van der Waals surface area contributed by atoms with E-state index < -0.39 is 0 Å². The van der Waals surface area contributed by atoms with Crippen molar-refractivity contribution in [2.75, 3.05) is 39.5 Å². The van der Waals surface area contributed by atoms with Gasteiger partial charge in [-0.2, -0.15) is 0 Å². The van der Waals surface area contributed by atoms with Crippen LogP contribution in [0.5, 0.6) is 5.75 Å². The summed E-state index contributed by atoms with van der Waals surface area (Å²) >= 11 is 5.92. The lowest BCUT2D eigenvalue weighted by molar-refractivity contribution is -0.132. The number of aliphatic hydroxyl groups excluding tert-OH is 1. The quantitative estimate of drug-likeness (QED) is 0.910. The number of aliphatic hydroxyl groups is 1. The van der Waals surface area contributed by atoms with Crippen LogP contribution in [-0.2, 0) is 9.53 Å². The van der Waals surface area contributed by atoms with Crippen molar-refractivity contribution in [2.24, 2.45) is 11.3 Å². The summed E-state index contributed by atoms with van der Waals surface area (Å²) in [5, 5.41) is 10.4. The molecule has 23 heavy (non-hydrogen) atoms. The Kier molecular flexibility index (Phi) is 4.80. The number of aryl methyl sites for hydroxylation is 1. The highest BCUT2D eigenvalue weighted by Crippen LogP contribution is 2.41. The first kappa shape index (κ1) is 16.6. The zero-order chi connectivity index (χ0) is 16.4. The number of hydrogen-bond acceptors (Lipinski definition) is 4. The molecule has 2 fully saturated rings. The van der Waals surface area contributed by atoms with Crippen molar-refractivity contribution >= 4 is 17.5 Å². The third-order valence-electron chi connectivity index (χ3n) is 5.03. The minimum Gasteiger partial charge on any atom is -0.483 e. The Morgan fingerprint density at radius 3 is 3.09 bits per heavy atom. The summed E-state index contributed by atoms with van der Waals surface area (Å²) in [6.45, 7) is 4.47. The van der Waals surface area contributed by atoms with Gasteiger partial charge in [-0.15, -0.1) is 0 Å². The molecule has 1 aromatic rings. The number of rotatable bonds is 4. The molecule has 1 N–H and O–H groups in total. The smallest absolute Gasteiger partial charge is 0.260 e. The van der Waals surface area contributed by atoms with Gasteiger partial charge >= 0.3 is 0 Å². The van der Waals surface area contributed by atoms with Gasteiger partial charge in [0.25, 0.3) is 5.91 Å². The fourth-order valence-corrected chi connectivity index (χ4v) is 3.73. The second-order valence-electron chi connectivity index (χ2n) is 6.52. The zero-order valence-corrected chi connectivity index (χ0v) is 14.0. The molecule has 2 heterocycles. The van der Waals surface area contributed by atoms with Crippen molar-refractivity contribution in [1.29, 1.82) is 0 Å². The Labute approximate surface area is 141 Å². The molecule has 2 saturated heterocycles. The molecule has 0 aromatic heterocycles. The number of halogens is 1. The monoisotopic (exact) mass is 339 g/mol. The standard InChI is InChI=1S/C17H22ClNO4/c1-12-6-14(18)2-3-15(12)23-9-16(21)19-7-13-8-22-5-4-17(13,10-19)11-20/h2-3,6,13,20H,4-5,7-11H2,1H3/t13-,17-/m1/s1. The van der Waals surface area contributed by atoms with Crippen LogP contribution in [0.4, 0.5) is 0 Å². The molecule has 1 amide bonds. The number of benzene rings is 1. The Bertz CT molecular complexity index is 594. The Morgan fingerprint density at radius 1 is 1.57 bits per heavy atom. The lowest BCUT2D eigenvalue weighted by Crippen LogP contribution is -2.41. The summed E-state index contributed by atoms with van der Waals surface area (Å²) in [5.41, 5.74) is 0.699. The molecule has 1 aromatic carbocycles. The second kappa shape index (κ2) is 6.67. The molecule has 3 rings (SSSR count). The minimum absolute atomic E-state index is 0.00242. The molecule has 2 atom stereocenters. The van der Waals surface area contributed by atoms with E-state index in [1.165, 1.54) is 0 Å². The summed E-state index contributed by atoms with van der Waals surface area (Å²) in [4.78, 5) is 14.2. The van der Waals surface area contributed by atoms with Crippen molar-refractivity contribution < 1.29 is 19.4 Å². The number of amides is 1. The summed E-state index contributed by atoms with van der Waals surface area (Å²) < 4.78 is 11.1. The van der Waals surface area contributed by atoms with E-state index in [-0.39, 0.29) is 30.5 Å². The normalized spacial score (nSPS) is 26.9. The van der Waals surface area contributed by atoms with Crippen LogP contribution in [0.15, 0.2) is 18.2 Å². The summed E-state index contributed by atoms with van der Waals surface area (Å²) in [5.74, 6) is 0.823. The fraction of sp³-hybridized carbons (Fsp3) is 0.588. The van der Waals surface area contributed by atoms with Gasteiger partial charge in [-0.25, -0.2) is 0 Å². The van der Waals surface area contributed by atoms with Gasteiger partial charge < -0.3 is 19.5 Å². The van der Waals surface area contributed by atoms with E-state index >= 15 is 0 Å². The van der Waals surface area contributed by atoms with E-state index in [4.69, 9.17) is 21.1 Å². The van der Waals surface area contributed by atoms with Crippen LogP contribution in [0.25, 0.3) is 0 Å². The predicted molar refractivity (Wildman–Crippen MR) is 86.7 cm³/mol. The van der Waals surface area contributed by atoms with Gasteiger partial charge in [0, 0.05) is 36.1 Å². The molecule has 0 aliphatic carbocycles. The minimum atomic E-state index is -0.204. The average molecular weight is 340 g/mol. The fourth-order valence-electron chi connectivity index (χ4n) is 3.50. The van der Waals surface area contributed by atoms with Gasteiger partial charge in [-0.3, -0.25) is 4.79 Å². The maximum atomic E-state index is 12.5. The first-order chi connectivity index (χ1) is 11.0. The molecular weight excluding hydrogens is 318 g/mol. The molecule has 0 unspecified atom stereocenters. The maximum absolute atomic E-state index is 12.5. The highest BCUT2D eigenvalue weighted by Gasteiger charge is 2.49. The van der Waals surface area contributed by atoms with Gasteiger partial charge in [0.2, 0.25) is 0 Å². The zero-order valence-electron chi connectivity index (χ0n) is 13.3. The molecule has 126 valence electrons. The third kappa shape index (κ3) is 3.32. The molecular formula is C17H22ClNO4. The van der Waals surface area contributed by atoms with Crippen LogP contribution in [0.3, 0.4) is 0 Å². The topological polar surface area (TPSA) is 59.0 Å². The van der Waals surface area contributed by atoms with Gasteiger partial charge in [0.1, 0.15) is 5.75 Å². The van der Waals surface area contributed by atoms with Crippen molar-refractivity contribution in [1.82, 2.24) is 4.90 Å². The Morgan fingerprint density at radius 2 is 2.39 bits per heavy atom. The maximum Gasteiger partial charge on any atom is 0.260 e. The largest absolute Gasteiger partial charge is 0.483 e. The van der Waals surface area contributed by atoms with E-state index in [2.05, 4.69) is 0 Å². The lowest BCUT2D eigenvalue weighted by Gasteiger charge is -2.36. The van der Waals surface area contributed by atoms with E-state index in [1.54, 1.807) is 17.0 Å². The molecule has 2 aliphatic heterocycles. The molecule has 0 saturated carbocycles. The summed E-state index contributed by atoms with van der Waals surface area (Å²) in [6.07, 6.45) is 0.801. The van der Waals surface area contributed by atoms with E-state index in [1.807, 2.05) is 13.0 Å². The van der Waals surface area contributed by atoms with Gasteiger partial charge in [-0.05, 0) is 37.1 Å². The van der Waals surface area contributed by atoms with E-state index in [0.717, 1.165) is 12.0 Å². The molecule has 2 aliphatic rings. The van der Waals surface area contributed by atoms with Gasteiger partial charge in [0.05, 0.1) is 13.2 Å². The SMILES string of the molecule is Cc1cc(Cl)ccc1OCC(=O)N1C[C@@H]2COCC[C@]2(CO)C1. The van der Waals surface area contributed by atoms with Crippen LogP contribution < -0.4 is 4.74 Å². The number of nitrogens with zero attached hydrogens (tertiary/aromatic N) is 1. The molecule has 6 heteroatoms. The highest BCUT2D eigenvalue weighted by molar-refractivity contribution is 6.30. The molecule has 0 radical (unpaired) electrons. The highest BCUT2D eigenvalue weighted by atomic mass is 35.5. The van der Waals surface area contributed by atoms with E-state index in [9.17, 15) is 9.90 Å². The number of carbonyl (C=O) groups is 1. The van der Waals surface area contributed by atoms with Crippen LogP contribution >= 0.6 is 11.6 Å². The van der Waals surface area contributed by atoms with Crippen LogP contribution in [-0.4, -0.2) is 55.4 Å². The number of fused-ring (bicyclic) bond motifs is 1. The predicted octanol–water partition coefficient (Wildman–Crippen LogP) is 1.88. The van der Waals surface area contributed by atoms with Crippen molar-refractivity contribution in [2.45, 2.75) is 13.3 Å². The third-order valence-corrected chi connectivity index (χ3v) is 5.27. The Balaban J connectivity index is 1.61. The van der Waals surface area contributed by atoms with Crippen molar-refractivity contribution in [3.8, 4) is 5.75 Å². The first-order valence-corrected chi connectivity index (χ1v) is 8.27. The number of carbonyl (C=O) groups excluding carboxylic acids is 1. The first-order valence-electron chi connectivity index (χ1n) is 7.89. The second-order valence-corrected chi connectivity index (χ2v) is 6.95. The number of hydrogen-bond donors (Lipinski definition) is 1. The Hall–Kier alpha value is -1.30. The number of likely N-dealkylation sites (tertiary alicyclic amines) is 1. The van der Waals surface area contributed by atoms with Crippen LogP contribution in [0, 0.1) is 18.3 Å². The van der Waals surface area contributed by atoms with Crippen LogP contribution in [0.1, 0.15) is 12.0 Å². The van der Waals surface area contributed by atoms with E-state index in [0.29, 0.717) is 37.1 Å². The molecule has 5 nitrogen and oxygen atoms in total.